The van der Waals surface area contributed by atoms with Gasteiger partial charge in [-0.15, -0.1) is 11.3 Å². The molecule has 0 fully saturated rings. The summed E-state index contributed by atoms with van der Waals surface area (Å²) in [6, 6.07) is 9.24. The molecule has 3 rings (SSSR count). The zero-order valence-corrected chi connectivity index (χ0v) is 18.1. The molecule has 0 bridgehead atoms. The van der Waals surface area contributed by atoms with Crippen molar-refractivity contribution in [3.05, 3.63) is 69.6 Å². The fourth-order valence-corrected chi connectivity index (χ4v) is 5.60. The SMILES string of the molecule is COc1ccc(C(=O)O)cc1S(=O)(=O)Cc1cc(C(F)(F)F)ccc1-c1ccc(Cl)s1. The zero-order valence-electron chi connectivity index (χ0n) is 15.7. The number of methoxy groups -OCH3 is 1. The van der Waals surface area contributed by atoms with Crippen molar-refractivity contribution in [3.63, 3.8) is 0 Å². The monoisotopic (exact) mass is 490 g/mol. The number of benzene rings is 2. The highest BCUT2D eigenvalue weighted by molar-refractivity contribution is 7.90. The van der Waals surface area contributed by atoms with Crippen LogP contribution in [-0.2, 0) is 21.8 Å². The molecule has 0 amide bonds. The van der Waals surface area contributed by atoms with Crippen LogP contribution in [0, 0.1) is 0 Å². The van der Waals surface area contributed by atoms with Gasteiger partial charge in [0, 0.05) is 4.88 Å². The predicted molar refractivity (Wildman–Crippen MR) is 111 cm³/mol. The van der Waals surface area contributed by atoms with E-state index in [0.29, 0.717) is 9.21 Å². The number of halogens is 4. The first kappa shape index (κ1) is 23.1. The average molecular weight is 491 g/mol. The molecule has 3 aromatic rings. The summed E-state index contributed by atoms with van der Waals surface area (Å²) in [5.74, 6) is -2.27. The number of hydrogen-bond donors (Lipinski definition) is 1. The molecule has 0 aliphatic rings. The van der Waals surface area contributed by atoms with Crippen molar-refractivity contribution >= 4 is 38.7 Å². The van der Waals surface area contributed by atoms with Crippen LogP contribution in [0.2, 0.25) is 4.34 Å². The molecule has 1 N–H and O–H groups in total. The standard InChI is InChI=1S/C20H14ClF3O5S2/c1-29-15-5-2-11(19(25)26)9-17(15)31(27,28)10-12-8-13(20(22,23)24)3-4-14(12)16-6-7-18(21)30-16/h2-9H,10H2,1H3,(H,25,26). The van der Waals surface area contributed by atoms with Gasteiger partial charge in [-0.25, -0.2) is 13.2 Å². The molecule has 164 valence electrons. The van der Waals surface area contributed by atoms with Crippen LogP contribution in [0.1, 0.15) is 21.5 Å². The van der Waals surface area contributed by atoms with Gasteiger partial charge in [0.05, 0.1) is 28.3 Å². The molecule has 5 nitrogen and oxygen atoms in total. The number of hydrogen-bond acceptors (Lipinski definition) is 5. The minimum atomic E-state index is -4.68. The number of sulfone groups is 1. The molecule has 0 aliphatic carbocycles. The zero-order chi connectivity index (χ0) is 23.0. The van der Waals surface area contributed by atoms with Gasteiger partial charge in [0.1, 0.15) is 10.6 Å². The number of aromatic carboxylic acids is 1. The van der Waals surface area contributed by atoms with Crippen molar-refractivity contribution in [2.75, 3.05) is 7.11 Å². The second-order valence-corrected chi connectivity index (χ2v) is 10.1. The minimum Gasteiger partial charge on any atom is -0.495 e. The van der Waals surface area contributed by atoms with Gasteiger partial charge in [-0.1, -0.05) is 17.7 Å². The molecule has 0 radical (unpaired) electrons. The first-order chi connectivity index (χ1) is 14.4. The van der Waals surface area contributed by atoms with E-state index in [0.717, 1.165) is 29.5 Å². The molecule has 0 saturated carbocycles. The second kappa shape index (κ2) is 8.52. The maximum absolute atomic E-state index is 13.3. The molecular weight excluding hydrogens is 477 g/mol. The molecule has 0 saturated heterocycles. The summed E-state index contributed by atoms with van der Waals surface area (Å²) in [4.78, 5) is 11.3. The van der Waals surface area contributed by atoms with E-state index >= 15 is 0 Å². The lowest BCUT2D eigenvalue weighted by Gasteiger charge is -2.15. The van der Waals surface area contributed by atoms with E-state index in [4.69, 9.17) is 16.3 Å². The topological polar surface area (TPSA) is 80.7 Å². The Bertz CT molecular complexity index is 1250. The number of carboxylic acid groups (broad SMARTS) is 1. The van der Waals surface area contributed by atoms with Crippen molar-refractivity contribution in [3.8, 4) is 16.2 Å². The van der Waals surface area contributed by atoms with E-state index < -0.39 is 38.2 Å². The van der Waals surface area contributed by atoms with Crippen molar-refractivity contribution in [2.45, 2.75) is 16.8 Å². The van der Waals surface area contributed by atoms with E-state index in [1.165, 1.54) is 25.3 Å². The van der Waals surface area contributed by atoms with Crippen LogP contribution in [0.5, 0.6) is 5.75 Å². The minimum absolute atomic E-state index is 0.101. The molecule has 0 atom stereocenters. The molecule has 31 heavy (non-hydrogen) atoms. The Labute approximate surface area is 184 Å². The lowest BCUT2D eigenvalue weighted by molar-refractivity contribution is -0.137. The summed E-state index contributed by atoms with van der Waals surface area (Å²) >= 11 is 7.02. The number of carboxylic acids is 1. The van der Waals surface area contributed by atoms with Gasteiger partial charge in [-0.05, 0) is 53.6 Å². The van der Waals surface area contributed by atoms with E-state index in [-0.39, 0.29) is 22.4 Å². The Morgan fingerprint density at radius 2 is 1.84 bits per heavy atom. The highest BCUT2D eigenvalue weighted by Crippen LogP contribution is 2.39. The highest BCUT2D eigenvalue weighted by atomic mass is 35.5. The Morgan fingerprint density at radius 1 is 1.13 bits per heavy atom. The Kier molecular flexibility index (Phi) is 6.35. The number of ether oxygens (including phenoxy) is 1. The van der Waals surface area contributed by atoms with Gasteiger partial charge in [-0.3, -0.25) is 0 Å². The fourth-order valence-electron chi connectivity index (χ4n) is 2.92. The predicted octanol–water partition coefficient (Wildman–Crippen LogP) is 5.77. The van der Waals surface area contributed by atoms with Crippen LogP contribution in [0.15, 0.2) is 53.4 Å². The van der Waals surface area contributed by atoms with E-state index in [9.17, 15) is 31.5 Å². The first-order valence-electron chi connectivity index (χ1n) is 8.52. The number of alkyl halides is 3. The lowest BCUT2D eigenvalue weighted by Crippen LogP contribution is -2.11. The lowest BCUT2D eigenvalue weighted by atomic mass is 10.0. The van der Waals surface area contributed by atoms with Crippen molar-refractivity contribution < 1.29 is 36.2 Å². The van der Waals surface area contributed by atoms with Crippen molar-refractivity contribution in [1.82, 2.24) is 0 Å². The Balaban J connectivity index is 2.16. The quantitative estimate of drug-likeness (QED) is 0.474. The average Bonchev–Trinajstić information content (AvgIpc) is 3.12. The fraction of sp³-hybridized carbons (Fsp3) is 0.150. The van der Waals surface area contributed by atoms with Crippen LogP contribution in [0.3, 0.4) is 0 Å². The van der Waals surface area contributed by atoms with Gasteiger partial charge in [0.25, 0.3) is 0 Å². The summed E-state index contributed by atoms with van der Waals surface area (Å²) in [6.07, 6.45) is -4.68. The maximum atomic E-state index is 13.3. The summed E-state index contributed by atoms with van der Waals surface area (Å²) in [5.41, 5.74) is -1.12. The third kappa shape index (κ3) is 5.03. The van der Waals surface area contributed by atoms with Gasteiger partial charge in [0.2, 0.25) is 0 Å². The smallest absolute Gasteiger partial charge is 0.416 e. The van der Waals surface area contributed by atoms with Crippen molar-refractivity contribution in [1.29, 1.82) is 0 Å². The molecule has 1 heterocycles. The second-order valence-electron chi connectivity index (χ2n) is 6.40. The molecule has 0 aliphatic heterocycles. The molecule has 0 spiro atoms. The molecular formula is C20H14ClF3O5S2. The molecule has 11 heteroatoms. The van der Waals surface area contributed by atoms with Crippen LogP contribution < -0.4 is 4.74 Å². The van der Waals surface area contributed by atoms with Gasteiger partial charge in [0.15, 0.2) is 9.84 Å². The number of rotatable bonds is 6. The van der Waals surface area contributed by atoms with Gasteiger partial charge in [-0.2, -0.15) is 13.2 Å². The largest absolute Gasteiger partial charge is 0.495 e. The maximum Gasteiger partial charge on any atom is 0.416 e. The summed E-state index contributed by atoms with van der Waals surface area (Å²) in [6.45, 7) is 0. The Hall–Kier alpha value is -2.56. The number of thiophene rings is 1. The normalized spacial score (nSPS) is 12.0. The van der Waals surface area contributed by atoms with Crippen LogP contribution >= 0.6 is 22.9 Å². The van der Waals surface area contributed by atoms with Crippen molar-refractivity contribution in [2.24, 2.45) is 0 Å². The summed E-state index contributed by atoms with van der Waals surface area (Å²) in [7, 11) is -3.08. The van der Waals surface area contributed by atoms with Gasteiger partial charge >= 0.3 is 12.1 Å². The van der Waals surface area contributed by atoms with E-state index in [1.54, 1.807) is 12.1 Å². The van der Waals surface area contributed by atoms with Crippen LogP contribution in [0.25, 0.3) is 10.4 Å². The Morgan fingerprint density at radius 3 is 2.39 bits per heavy atom. The third-order valence-corrected chi connectivity index (χ3v) is 7.31. The van der Waals surface area contributed by atoms with Crippen LogP contribution in [0.4, 0.5) is 13.2 Å². The van der Waals surface area contributed by atoms with E-state index in [1.807, 2.05) is 0 Å². The van der Waals surface area contributed by atoms with Crippen LogP contribution in [-0.4, -0.2) is 26.6 Å². The highest BCUT2D eigenvalue weighted by Gasteiger charge is 2.32. The molecule has 1 aromatic heterocycles. The molecule has 0 unspecified atom stereocenters. The van der Waals surface area contributed by atoms with E-state index in [2.05, 4.69) is 0 Å². The molecule has 2 aromatic carbocycles. The van der Waals surface area contributed by atoms with Gasteiger partial charge < -0.3 is 9.84 Å². The third-order valence-electron chi connectivity index (χ3n) is 4.36. The summed E-state index contributed by atoms with van der Waals surface area (Å²) in [5, 5.41) is 9.18. The first-order valence-corrected chi connectivity index (χ1v) is 11.4. The summed E-state index contributed by atoms with van der Waals surface area (Å²) < 4.78 is 71.5. The number of carbonyl (C=O) groups is 1.